The first kappa shape index (κ1) is 21.6. The first-order valence-corrected chi connectivity index (χ1v) is 12.3. The smallest absolute Gasteiger partial charge is 0.243 e. The van der Waals surface area contributed by atoms with Crippen molar-refractivity contribution in [3.8, 4) is 17.0 Å². The molecule has 2 aromatic carbocycles. The van der Waals surface area contributed by atoms with Gasteiger partial charge in [0.1, 0.15) is 17.4 Å². The van der Waals surface area contributed by atoms with E-state index < -0.39 is 15.8 Å². The van der Waals surface area contributed by atoms with Crippen LogP contribution in [0.1, 0.15) is 24.6 Å². The van der Waals surface area contributed by atoms with E-state index in [1.54, 1.807) is 7.11 Å². The molecule has 1 fully saturated rings. The van der Waals surface area contributed by atoms with Crippen LogP contribution >= 0.6 is 0 Å². The number of pyridine rings is 1. The topological polar surface area (TPSA) is 63.9 Å². The monoisotopic (exact) mass is 465 g/mol. The fourth-order valence-electron chi connectivity index (χ4n) is 4.46. The number of aromatic nitrogens is 2. The highest BCUT2D eigenvalue weighted by Gasteiger charge is 2.33. The van der Waals surface area contributed by atoms with Crippen molar-refractivity contribution >= 4 is 15.5 Å². The molecule has 170 valence electrons. The summed E-state index contributed by atoms with van der Waals surface area (Å²) in [5.74, 6) is 1.06. The van der Waals surface area contributed by atoms with Gasteiger partial charge in [0.2, 0.25) is 10.0 Å². The minimum absolute atomic E-state index is 0.0665. The van der Waals surface area contributed by atoms with Gasteiger partial charge in [-0.1, -0.05) is 18.2 Å². The van der Waals surface area contributed by atoms with Gasteiger partial charge in [-0.3, -0.25) is 0 Å². The van der Waals surface area contributed by atoms with Crippen LogP contribution in [0, 0.1) is 5.82 Å². The molecule has 0 aliphatic carbocycles. The first-order chi connectivity index (χ1) is 16.0. The number of hydrogen-bond acceptors (Lipinski definition) is 4. The van der Waals surface area contributed by atoms with Crippen LogP contribution in [0.15, 0.2) is 77.8 Å². The SMILES string of the molecule is COc1cccc(-c2nc(C3CCCN(S(=O)(=O)c4ccc(F)cc4)C3)n3ccccc23)c1. The molecule has 5 rings (SSSR count). The van der Waals surface area contributed by atoms with Gasteiger partial charge in [0, 0.05) is 30.8 Å². The highest BCUT2D eigenvalue weighted by molar-refractivity contribution is 7.89. The van der Waals surface area contributed by atoms with Crippen LogP contribution < -0.4 is 4.74 Å². The van der Waals surface area contributed by atoms with E-state index in [1.165, 1.54) is 28.6 Å². The average Bonchev–Trinajstić information content (AvgIpc) is 3.24. The number of sulfonamides is 1. The Kier molecular flexibility index (Phi) is 5.64. The number of nitrogens with zero attached hydrogens (tertiary/aromatic N) is 3. The van der Waals surface area contributed by atoms with E-state index in [9.17, 15) is 12.8 Å². The fraction of sp³-hybridized carbons (Fsp3) is 0.240. The lowest BCUT2D eigenvalue weighted by Gasteiger charge is -2.31. The molecular weight excluding hydrogens is 441 g/mol. The van der Waals surface area contributed by atoms with Crippen molar-refractivity contribution in [2.75, 3.05) is 20.2 Å². The van der Waals surface area contributed by atoms with Crippen molar-refractivity contribution in [3.63, 3.8) is 0 Å². The summed E-state index contributed by atoms with van der Waals surface area (Å²) in [6.45, 7) is 0.757. The van der Waals surface area contributed by atoms with E-state index in [-0.39, 0.29) is 10.8 Å². The Hall–Kier alpha value is -3.23. The van der Waals surface area contributed by atoms with Crippen molar-refractivity contribution in [1.82, 2.24) is 13.7 Å². The van der Waals surface area contributed by atoms with Gasteiger partial charge < -0.3 is 9.14 Å². The number of halogens is 1. The number of fused-ring (bicyclic) bond motifs is 1. The number of methoxy groups -OCH3 is 1. The van der Waals surface area contributed by atoms with Crippen molar-refractivity contribution in [1.29, 1.82) is 0 Å². The van der Waals surface area contributed by atoms with Crippen LogP contribution in [0.5, 0.6) is 5.75 Å². The first-order valence-electron chi connectivity index (χ1n) is 10.8. The van der Waals surface area contributed by atoms with Crippen LogP contribution in [0.2, 0.25) is 0 Å². The van der Waals surface area contributed by atoms with Gasteiger partial charge >= 0.3 is 0 Å². The molecule has 0 saturated carbocycles. The van der Waals surface area contributed by atoms with Crippen LogP contribution in [0.3, 0.4) is 0 Å². The summed E-state index contributed by atoms with van der Waals surface area (Å²) < 4.78 is 48.6. The summed E-state index contributed by atoms with van der Waals surface area (Å²) in [5.41, 5.74) is 2.73. The Bertz CT molecular complexity index is 1400. The lowest BCUT2D eigenvalue weighted by atomic mass is 9.99. The zero-order chi connectivity index (χ0) is 23.0. The van der Waals surface area contributed by atoms with Crippen LogP contribution in [0.25, 0.3) is 16.8 Å². The Balaban J connectivity index is 1.52. The number of imidazole rings is 1. The molecule has 1 unspecified atom stereocenters. The number of benzene rings is 2. The van der Waals surface area contributed by atoms with Gasteiger partial charge in [0.15, 0.2) is 0 Å². The third-order valence-corrected chi connectivity index (χ3v) is 8.00. The molecule has 4 aromatic rings. The predicted molar refractivity (Wildman–Crippen MR) is 124 cm³/mol. The summed E-state index contributed by atoms with van der Waals surface area (Å²) in [6, 6.07) is 18.7. The molecule has 1 aliphatic rings. The van der Waals surface area contributed by atoms with E-state index in [1.807, 2.05) is 53.1 Å². The normalized spacial score (nSPS) is 17.3. The molecule has 33 heavy (non-hydrogen) atoms. The van der Waals surface area contributed by atoms with E-state index in [2.05, 4.69) is 0 Å². The summed E-state index contributed by atoms with van der Waals surface area (Å²) in [6.07, 6.45) is 3.52. The predicted octanol–water partition coefficient (Wildman–Crippen LogP) is 4.72. The number of hydrogen-bond donors (Lipinski definition) is 0. The maximum atomic E-state index is 13.3. The van der Waals surface area contributed by atoms with Crippen molar-refractivity contribution in [3.05, 3.63) is 84.6 Å². The maximum Gasteiger partial charge on any atom is 0.243 e. The van der Waals surface area contributed by atoms with Crippen molar-refractivity contribution in [2.24, 2.45) is 0 Å². The second-order valence-electron chi connectivity index (χ2n) is 8.16. The second-order valence-corrected chi connectivity index (χ2v) is 10.1. The van der Waals surface area contributed by atoms with Gasteiger partial charge in [-0.2, -0.15) is 4.31 Å². The highest BCUT2D eigenvalue weighted by atomic mass is 32.2. The molecule has 1 atom stereocenters. The molecule has 0 spiro atoms. The van der Waals surface area contributed by atoms with Crippen LogP contribution in [0.4, 0.5) is 4.39 Å². The molecule has 1 saturated heterocycles. The largest absolute Gasteiger partial charge is 0.497 e. The van der Waals surface area contributed by atoms with Crippen molar-refractivity contribution in [2.45, 2.75) is 23.7 Å². The maximum absolute atomic E-state index is 13.3. The Morgan fingerprint density at radius 3 is 2.67 bits per heavy atom. The molecule has 0 bridgehead atoms. The van der Waals surface area contributed by atoms with Gasteiger partial charge in [-0.15, -0.1) is 0 Å². The number of rotatable bonds is 5. The van der Waals surface area contributed by atoms with Gasteiger partial charge in [0.05, 0.1) is 23.2 Å². The molecule has 8 heteroatoms. The number of ether oxygens (including phenoxy) is 1. The molecule has 2 aromatic heterocycles. The molecule has 0 N–H and O–H groups in total. The Morgan fingerprint density at radius 2 is 1.88 bits per heavy atom. The Morgan fingerprint density at radius 1 is 1.06 bits per heavy atom. The quantitative estimate of drug-likeness (QED) is 0.428. The minimum atomic E-state index is -3.71. The molecule has 1 aliphatic heterocycles. The second kappa shape index (κ2) is 8.61. The molecular formula is C25H24FN3O3S. The molecule has 3 heterocycles. The van der Waals surface area contributed by atoms with E-state index >= 15 is 0 Å². The van der Waals surface area contributed by atoms with Crippen LogP contribution in [-0.2, 0) is 10.0 Å². The van der Waals surface area contributed by atoms with E-state index in [0.717, 1.165) is 41.2 Å². The summed E-state index contributed by atoms with van der Waals surface area (Å²) in [5, 5.41) is 0. The third kappa shape index (κ3) is 4.00. The highest BCUT2D eigenvalue weighted by Crippen LogP contribution is 2.34. The van der Waals surface area contributed by atoms with E-state index in [4.69, 9.17) is 9.72 Å². The summed E-state index contributed by atoms with van der Waals surface area (Å²) in [7, 11) is -2.08. The summed E-state index contributed by atoms with van der Waals surface area (Å²) in [4.78, 5) is 5.10. The average molecular weight is 466 g/mol. The zero-order valence-electron chi connectivity index (χ0n) is 18.2. The van der Waals surface area contributed by atoms with Gasteiger partial charge in [0.25, 0.3) is 0 Å². The third-order valence-electron chi connectivity index (χ3n) is 6.12. The number of piperidine rings is 1. The zero-order valence-corrected chi connectivity index (χ0v) is 19.0. The molecule has 6 nitrogen and oxygen atoms in total. The lowest BCUT2D eigenvalue weighted by Crippen LogP contribution is -2.39. The molecule has 0 radical (unpaired) electrons. The lowest BCUT2D eigenvalue weighted by molar-refractivity contribution is 0.309. The summed E-state index contributed by atoms with van der Waals surface area (Å²) >= 11 is 0. The minimum Gasteiger partial charge on any atom is -0.497 e. The molecule has 0 amide bonds. The van der Waals surface area contributed by atoms with Crippen molar-refractivity contribution < 1.29 is 17.5 Å². The standard InChI is InChI=1S/C25H24FN3O3S/c1-32-21-8-4-6-18(16-21)24-23-9-2-3-15-29(23)25(27-24)19-7-5-14-28(17-19)33(30,31)22-12-10-20(26)11-13-22/h2-4,6,8-13,15-16,19H,5,7,14,17H2,1H3. The van der Waals surface area contributed by atoms with Crippen LogP contribution in [-0.4, -0.2) is 42.3 Å². The van der Waals surface area contributed by atoms with E-state index in [0.29, 0.717) is 13.1 Å². The van der Waals surface area contributed by atoms with Gasteiger partial charge in [-0.05, 0) is 61.4 Å². The Labute approximate surface area is 192 Å². The fourth-order valence-corrected chi connectivity index (χ4v) is 5.98. The van der Waals surface area contributed by atoms with Gasteiger partial charge in [-0.25, -0.2) is 17.8 Å².